The van der Waals surface area contributed by atoms with Crippen molar-refractivity contribution in [1.82, 2.24) is 9.35 Å². The first-order chi connectivity index (χ1) is 19.7. The highest BCUT2D eigenvalue weighted by molar-refractivity contribution is 6.40. The molecule has 2 heterocycles. The van der Waals surface area contributed by atoms with Crippen LogP contribution in [-0.4, -0.2) is 20.8 Å². The van der Waals surface area contributed by atoms with Crippen LogP contribution in [0.3, 0.4) is 0 Å². The minimum absolute atomic E-state index is 0.831. The van der Waals surface area contributed by atoms with E-state index >= 15 is 0 Å². The van der Waals surface area contributed by atoms with Gasteiger partial charge in [0.05, 0.1) is 34.2 Å². The van der Waals surface area contributed by atoms with Crippen LogP contribution in [0.4, 0.5) is 0 Å². The van der Waals surface area contributed by atoms with Gasteiger partial charge in [0.2, 0.25) is 0 Å². The molecule has 6 rings (SSSR count). The molecule has 40 heavy (non-hydrogen) atoms. The van der Waals surface area contributed by atoms with Gasteiger partial charge in [-0.25, -0.2) is 9.35 Å². The molecule has 0 amide bonds. The number of hydrogen-bond acceptors (Lipinski definition) is 2. The summed E-state index contributed by atoms with van der Waals surface area (Å²) in [6.45, 7) is 4.05. The lowest BCUT2D eigenvalue weighted by Gasteiger charge is -2.13. The molecule has 0 radical (unpaired) electrons. The molecule has 0 aliphatic carbocycles. The number of rotatable bonds is 7. The molecule has 6 aromatic rings. The van der Waals surface area contributed by atoms with Crippen LogP contribution in [0, 0.1) is 0 Å². The van der Waals surface area contributed by atoms with E-state index in [2.05, 4.69) is 121 Å². The van der Waals surface area contributed by atoms with Gasteiger partial charge in [-0.2, -0.15) is 10.2 Å². The molecule has 4 nitrogen and oxygen atoms in total. The van der Waals surface area contributed by atoms with E-state index in [0.29, 0.717) is 0 Å². The highest BCUT2D eigenvalue weighted by Gasteiger charge is 2.15. The summed E-state index contributed by atoms with van der Waals surface area (Å²) >= 11 is 0. The third kappa shape index (κ3) is 5.07. The SMILES string of the molecule is CC(=N\n1c(-c2ccccc2)ccc1-c1ccccc1)/C(C)=N/n1c(-c2ccccc2)ccc1-c1ccccc1. The van der Waals surface area contributed by atoms with Crippen molar-refractivity contribution in [2.24, 2.45) is 10.2 Å². The Labute approximate surface area is 235 Å². The predicted molar refractivity (Wildman–Crippen MR) is 168 cm³/mol. The van der Waals surface area contributed by atoms with Crippen LogP contribution in [0.1, 0.15) is 13.8 Å². The fourth-order valence-corrected chi connectivity index (χ4v) is 4.83. The second-order valence-electron chi connectivity index (χ2n) is 9.67. The molecule has 0 aliphatic rings. The van der Waals surface area contributed by atoms with Crippen LogP contribution < -0.4 is 0 Å². The lowest BCUT2D eigenvalue weighted by Crippen LogP contribution is -2.12. The average molecular weight is 519 g/mol. The van der Waals surface area contributed by atoms with Crippen molar-refractivity contribution < 1.29 is 0 Å². The molecule has 0 saturated carbocycles. The summed E-state index contributed by atoms with van der Waals surface area (Å²) in [7, 11) is 0. The summed E-state index contributed by atoms with van der Waals surface area (Å²) in [6.07, 6.45) is 0. The Morgan fingerprint density at radius 1 is 0.350 bits per heavy atom. The molecule has 4 heteroatoms. The quantitative estimate of drug-likeness (QED) is 0.189. The van der Waals surface area contributed by atoms with Gasteiger partial charge in [-0.3, -0.25) is 0 Å². The summed E-state index contributed by atoms with van der Waals surface area (Å²) in [5.41, 5.74) is 10.2. The summed E-state index contributed by atoms with van der Waals surface area (Å²) in [4.78, 5) is 0. The molecular formula is C36H30N4. The number of nitrogens with zero attached hydrogens (tertiary/aromatic N) is 4. The molecule has 0 saturated heterocycles. The van der Waals surface area contributed by atoms with E-state index in [1.54, 1.807) is 0 Å². The van der Waals surface area contributed by atoms with Gasteiger partial charge in [0.15, 0.2) is 0 Å². The molecule has 0 aliphatic heterocycles. The van der Waals surface area contributed by atoms with Gasteiger partial charge in [-0.1, -0.05) is 121 Å². The molecule has 0 spiro atoms. The lowest BCUT2D eigenvalue weighted by molar-refractivity contribution is 0.894. The van der Waals surface area contributed by atoms with Gasteiger partial charge in [-0.15, -0.1) is 0 Å². The summed E-state index contributed by atoms with van der Waals surface area (Å²) in [6, 6.07) is 50.0. The molecule has 0 bridgehead atoms. The largest absolute Gasteiger partial charge is 0.232 e. The van der Waals surface area contributed by atoms with E-state index in [9.17, 15) is 0 Å². The van der Waals surface area contributed by atoms with E-state index in [4.69, 9.17) is 10.2 Å². The zero-order chi connectivity index (χ0) is 27.3. The van der Waals surface area contributed by atoms with E-state index < -0.39 is 0 Å². The standard InChI is InChI=1S/C36H30N4/c1-27(37-39-33(29-15-7-3-8-16-29)23-24-34(39)30-17-9-4-10-18-30)28(2)38-40-35(31-19-11-5-12-20-31)25-26-36(40)32-21-13-6-14-22-32/h3-26H,1-2H3/b37-27+,38-28+. The number of benzene rings is 4. The fourth-order valence-electron chi connectivity index (χ4n) is 4.83. The Kier molecular flexibility index (Phi) is 7.06. The Balaban J connectivity index is 1.48. The van der Waals surface area contributed by atoms with Crippen molar-refractivity contribution in [2.45, 2.75) is 13.8 Å². The number of hydrogen-bond donors (Lipinski definition) is 0. The van der Waals surface area contributed by atoms with Crippen LogP contribution in [-0.2, 0) is 0 Å². The van der Waals surface area contributed by atoms with Crippen LogP contribution >= 0.6 is 0 Å². The van der Waals surface area contributed by atoms with Crippen LogP contribution in [0.25, 0.3) is 45.0 Å². The van der Waals surface area contributed by atoms with E-state index in [1.807, 2.05) is 47.5 Å². The van der Waals surface area contributed by atoms with Gasteiger partial charge in [-0.05, 0) is 38.1 Å². The average Bonchev–Trinajstić information content (AvgIpc) is 3.63. The first-order valence-corrected chi connectivity index (χ1v) is 13.5. The van der Waals surface area contributed by atoms with Crippen molar-refractivity contribution >= 4 is 11.4 Å². The van der Waals surface area contributed by atoms with Crippen LogP contribution in [0.15, 0.2) is 156 Å². The Morgan fingerprint density at radius 2 is 0.575 bits per heavy atom. The Hall–Kier alpha value is -5.22. The van der Waals surface area contributed by atoms with Gasteiger partial charge in [0, 0.05) is 22.3 Å². The molecule has 194 valence electrons. The van der Waals surface area contributed by atoms with Crippen LogP contribution in [0.2, 0.25) is 0 Å². The zero-order valence-corrected chi connectivity index (χ0v) is 22.6. The molecule has 0 atom stereocenters. The Morgan fingerprint density at radius 3 is 0.800 bits per heavy atom. The normalized spacial score (nSPS) is 12.1. The summed E-state index contributed by atoms with van der Waals surface area (Å²) in [5.74, 6) is 0. The van der Waals surface area contributed by atoms with Crippen molar-refractivity contribution in [3.63, 3.8) is 0 Å². The molecule has 2 aromatic heterocycles. The van der Waals surface area contributed by atoms with Gasteiger partial charge < -0.3 is 0 Å². The zero-order valence-electron chi connectivity index (χ0n) is 22.6. The predicted octanol–water partition coefficient (Wildman–Crippen LogP) is 9.11. The first kappa shape index (κ1) is 25.1. The maximum atomic E-state index is 5.15. The second kappa shape index (κ2) is 11.3. The third-order valence-electron chi connectivity index (χ3n) is 7.01. The molecule has 0 fully saturated rings. The van der Waals surface area contributed by atoms with Gasteiger partial charge >= 0.3 is 0 Å². The van der Waals surface area contributed by atoms with E-state index in [0.717, 1.165) is 56.5 Å². The maximum absolute atomic E-state index is 5.15. The van der Waals surface area contributed by atoms with Crippen molar-refractivity contribution in [2.75, 3.05) is 0 Å². The Bertz CT molecular complexity index is 1530. The molecular weight excluding hydrogens is 488 g/mol. The smallest absolute Gasteiger partial charge is 0.0812 e. The van der Waals surface area contributed by atoms with Gasteiger partial charge in [0.1, 0.15) is 0 Å². The van der Waals surface area contributed by atoms with Gasteiger partial charge in [0.25, 0.3) is 0 Å². The highest BCUT2D eigenvalue weighted by atomic mass is 15.4. The van der Waals surface area contributed by atoms with Crippen molar-refractivity contribution in [1.29, 1.82) is 0 Å². The minimum atomic E-state index is 0.831. The second-order valence-corrected chi connectivity index (χ2v) is 9.67. The molecule has 0 unspecified atom stereocenters. The van der Waals surface area contributed by atoms with Crippen molar-refractivity contribution in [3.8, 4) is 45.0 Å². The van der Waals surface area contributed by atoms with Crippen LogP contribution in [0.5, 0.6) is 0 Å². The topological polar surface area (TPSA) is 34.6 Å². The summed E-state index contributed by atoms with van der Waals surface area (Å²) in [5, 5.41) is 10.3. The first-order valence-electron chi connectivity index (χ1n) is 13.5. The summed E-state index contributed by atoms with van der Waals surface area (Å²) < 4.78 is 4.07. The maximum Gasteiger partial charge on any atom is 0.0812 e. The molecule has 4 aromatic carbocycles. The van der Waals surface area contributed by atoms with E-state index in [1.165, 1.54) is 0 Å². The fraction of sp³-hybridized carbons (Fsp3) is 0.0556. The lowest BCUT2D eigenvalue weighted by atomic mass is 10.2. The molecule has 0 N–H and O–H groups in total. The minimum Gasteiger partial charge on any atom is -0.232 e. The number of aromatic nitrogens is 2. The third-order valence-corrected chi connectivity index (χ3v) is 7.01. The van der Waals surface area contributed by atoms with E-state index in [-0.39, 0.29) is 0 Å². The highest BCUT2D eigenvalue weighted by Crippen LogP contribution is 2.31. The van der Waals surface area contributed by atoms with Crippen molar-refractivity contribution in [3.05, 3.63) is 146 Å². The monoisotopic (exact) mass is 518 g/mol.